The van der Waals surface area contributed by atoms with Crippen molar-refractivity contribution in [1.29, 1.82) is 0 Å². The molecule has 1 aliphatic rings. The SMILES string of the molecule is CCCC(N=NI)C(=O)C(=O)N=NC1CC1. The average molecular weight is 336 g/mol. The van der Waals surface area contributed by atoms with Gasteiger partial charge in [0.15, 0.2) is 0 Å². The van der Waals surface area contributed by atoms with Gasteiger partial charge in [0, 0.05) is 0 Å². The highest BCUT2D eigenvalue weighted by atomic mass is 127. The van der Waals surface area contributed by atoms with Gasteiger partial charge in [-0.15, -0.1) is 8.44 Å². The fourth-order valence-corrected chi connectivity index (χ4v) is 1.38. The Morgan fingerprint density at radius 1 is 1.44 bits per heavy atom. The molecule has 1 atom stereocenters. The maximum Gasteiger partial charge on any atom is 0.333 e. The molecule has 0 aliphatic heterocycles. The number of halogens is 1. The Balaban J connectivity index is 2.54. The Morgan fingerprint density at radius 3 is 2.62 bits per heavy atom. The number of hydrogen-bond donors (Lipinski definition) is 0. The summed E-state index contributed by atoms with van der Waals surface area (Å²) in [6, 6.07) is -0.555. The minimum Gasteiger partial charge on any atom is -0.286 e. The van der Waals surface area contributed by atoms with E-state index in [1.54, 1.807) is 22.9 Å². The molecule has 0 aromatic rings. The summed E-state index contributed by atoms with van der Waals surface area (Å²) in [5.41, 5.74) is 0. The number of amides is 1. The predicted octanol–water partition coefficient (Wildman–Crippen LogP) is 2.67. The lowest BCUT2D eigenvalue weighted by atomic mass is 10.1. The molecule has 6 nitrogen and oxygen atoms in total. The van der Waals surface area contributed by atoms with Gasteiger partial charge in [-0.25, -0.2) is 0 Å². The Bertz CT molecular complexity index is 325. The number of rotatable bonds is 6. The second-order valence-corrected chi connectivity index (χ2v) is 4.04. The van der Waals surface area contributed by atoms with Gasteiger partial charge in [-0.05, 0) is 19.3 Å². The van der Waals surface area contributed by atoms with Gasteiger partial charge in [0.1, 0.15) is 28.9 Å². The fraction of sp³-hybridized carbons (Fsp3) is 0.778. The second kappa shape index (κ2) is 6.77. The van der Waals surface area contributed by atoms with E-state index in [1.807, 2.05) is 6.92 Å². The number of carbonyl (C=O) groups is 2. The molecule has 0 saturated heterocycles. The Labute approximate surface area is 107 Å². The van der Waals surface area contributed by atoms with E-state index in [9.17, 15) is 9.59 Å². The van der Waals surface area contributed by atoms with Crippen LogP contribution >= 0.6 is 22.9 Å². The van der Waals surface area contributed by atoms with Crippen molar-refractivity contribution in [2.75, 3.05) is 0 Å². The highest BCUT2D eigenvalue weighted by molar-refractivity contribution is 14.1. The Kier molecular flexibility index (Phi) is 5.64. The van der Waals surface area contributed by atoms with E-state index in [0.29, 0.717) is 6.42 Å². The summed E-state index contributed by atoms with van der Waals surface area (Å²) in [5.74, 6) is -1.43. The maximum absolute atomic E-state index is 11.6. The van der Waals surface area contributed by atoms with Crippen molar-refractivity contribution in [2.24, 2.45) is 18.7 Å². The molecule has 1 amide bonds. The van der Waals surface area contributed by atoms with Gasteiger partial charge in [-0.3, -0.25) is 9.59 Å². The maximum atomic E-state index is 11.6. The first-order chi connectivity index (χ1) is 7.69. The van der Waals surface area contributed by atoms with Crippen molar-refractivity contribution in [3.05, 3.63) is 0 Å². The molecule has 1 saturated carbocycles. The molecule has 0 N–H and O–H groups in total. The minimum absolute atomic E-state index is 0.146. The van der Waals surface area contributed by atoms with Crippen molar-refractivity contribution < 1.29 is 9.59 Å². The molecule has 0 spiro atoms. The Morgan fingerprint density at radius 2 is 2.12 bits per heavy atom. The summed E-state index contributed by atoms with van der Waals surface area (Å²) in [5, 5.41) is 10.9. The van der Waals surface area contributed by atoms with E-state index in [0.717, 1.165) is 19.3 Å². The normalized spacial score (nSPS) is 18.1. The lowest BCUT2D eigenvalue weighted by Crippen LogP contribution is -2.25. The van der Waals surface area contributed by atoms with Gasteiger partial charge in [-0.1, -0.05) is 13.3 Å². The molecule has 0 aromatic heterocycles. The quantitative estimate of drug-likeness (QED) is 0.424. The summed E-state index contributed by atoms with van der Waals surface area (Å²) in [7, 11) is 0. The summed E-state index contributed by atoms with van der Waals surface area (Å²) >= 11 is 1.68. The summed E-state index contributed by atoms with van der Waals surface area (Å²) in [6.07, 6.45) is 3.18. The number of nitrogens with zero attached hydrogens (tertiary/aromatic N) is 4. The second-order valence-electron chi connectivity index (χ2n) is 3.61. The number of carbonyl (C=O) groups excluding carboxylic acids is 2. The largest absolute Gasteiger partial charge is 0.333 e. The highest BCUT2D eigenvalue weighted by Crippen LogP contribution is 2.23. The lowest BCUT2D eigenvalue weighted by molar-refractivity contribution is -0.137. The standard InChI is InChI=1S/C9H13IN4O2/c1-2-3-7(12-14-10)8(15)9(16)13-11-6-4-5-6/h6-7H,2-5H2,1H3. The molecule has 1 aliphatic carbocycles. The molecule has 0 radical (unpaired) electrons. The van der Waals surface area contributed by atoms with Crippen LogP contribution in [0.1, 0.15) is 32.6 Å². The monoisotopic (exact) mass is 336 g/mol. The molecule has 1 rings (SSSR count). The van der Waals surface area contributed by atoms with Gasteiger partial charge < -0.3 is 0 Å². The topological polar surface area (TPSA) is 83.6 Å². The molecular weight excluding hydrogens is 323 g/mol. The highest BCUT2D eigenvalue weighted by Gasteiger charge is 2.26. The first-order valence-corrected chi connectivity index (χ1v) is 6.15. The molecular formula is C9H13IN4O2. The van der Waals surface area contributed by atoms with Gasteiger partial charge in [0.05, 0.1) is 6.04 Å². The third kappa shape index (κ3) is 4.42. The molecule has 0 bridgehead atoms. The molecule has 88 valence electrons. The van der Waals surface area contributed by atoms with E-state index >= 15 is 0 Å². The number of Topliss-reactive ketones (excluding diaryl/α,β-unsaturated/α-hetero) is 1. The van der Waals surface area contributed by atoms with Crippen LogP contribution in [0, 0.1) is 0 Å². The van der Waals surface area contributed by atoms with Crippen LogP contribution in [0.25, 0.3) is 0 Å². The minimum atomic E-state index is -0.811. The fourth-order valence-electron chi connectivity index (χ4n) is 1.08. The van der Waals surface area contributed by atoms with Crippen LogP contribution in [-0.4, -0.2) is 23.8 Å². The van der Waals surface area contributed by atoms with Crippen molar-refractivity contribution >= 4 is 34.6 Å². The van der Waals surface area contributed by atoms with E-state index in [-0.39, 0.29) is 6.04 Å². The molecule has 1 unspecified atom stereocenters. The van der Waals surface area contributed by atoms with Crippen molar-refractivity contribution in [3.8, 4) is 0 Å². The smallest absolute Gasteiger partial charge is 0.286 e. The van der Waals surface area contributed by atoms with E-state index < -0.39 is 17.7 Å². The van der Waals surface area contributed by atoms with Crippen LogP contribution in [0.5, 0.6) is 0 Å². The molecule has 16 heavy (non-hydrogen) atoms. The molecule has 7 heteroatoms. The third-order valence-electron chi connectivity index (χ3n) is 2.12. The van der Waals surface area contributed by atoms with Crippen molar-refractivity contribution in [3.63, 3.8) is 0 Å². The van der Waals surface area contributed by atoms with Crippen LogP contribution in [-0.2, 0) is 9.59 Å². The Hall–Kier alpha value is -0.730. The van der Waals surface area contributed by atoms with Gasteiger partial charge in [0.2, 0.25) is 5.78 Å². The van der Waals surface area contributed by atoms with E-state index in [1.165, 1.54) is 0 Å². The third-order valence-corrected chi connectivity index (χ3v) is 2.37. The van der Waals surface area contributed by atoms with Gasteiger partial charge in [0.25, 0.3) is 0 Å². The number of azo groups is 1. The van der Waals surface area contributed by atoms with E-state index in [4.69, 9.17) is 0 Å². The first-order valence-electron chi connectivity index (χ1n) is 5.19. The van der Waals surface area contributed by atoms with Crippen LogP contribution in [0.3, 0.4) is 0 Å². The summed E-state index contributed by atoms with van der Waals surface area (Å²) in [6.45, 7) is 1.92. The average Bonchev–Trinajstić information content (AvgIpc) is 3.08. The molecule has 0 aromatic carbocycles. The van der Waals surface area contributed by atoms with Crippen LogP contribution in [0.4, 0.5) is 0 Å². The van der Waals surface area contributed by atoms with Crippen molar-refractivity contribution in [1.82, 2.24) is 0 Å². The zero-order valence-corrected chi connectivity index (χ0v) is 11.1. The van der Waals surface area contributed by atoms with Crippen molar-refractivity contribution in [2.45, 2.75) is 44.7 Å². The number of hydrogen-bond acceptors (Lipinski definition) is 5. The first kappa shape index (κ1) is 13.3. The zero-order valence-electron chi connectivity index (χ0n) is 8.97. The lowest BCUT2D eigenvalue weighted by Gasteiger charge is -2.04. The summed E-state index contributed by atoms with van der Waals surface area (Å²) in [4.78, 5) is 22.9. The van der Waals surface area contributed by atoms with Gasteiger partial charge >= 0.3 is 5.91 Å². The van der Waals surface area contributed by atoms with Crippen LogP contribution in [0.2, 0.25) is 0 Å². The zero-order chi connectivity index (χ0) is 12.0. The van der Waals surface area contributed by atoms with Gasteiger partial charge in [-0.2, -0.15) is 10.2 Å². The summed E-state index contributed by atoms with van der Waals surface area (Å²) < 4.78 is 3.52. The molecule has 1 fully saturated rings. The predicted molar refractivity (Wildman–Crippen MR) is 65.5 cm³/mol. The van der Waals surface area contributed by atoms with Crippen LogP contribution in [0.15, 0.2) is 18.7 Å². The van der Waals surface area contributed by atoms with E-state index in [2.05, 4.69) is 18.7 Å². The van der Waals surface area contributed by atoms with Crippen LogP contribution < -0.4 is 0 Å². The molecule has 0 heterocycles. The number of ketones is 1.